The number of nitrogens with one attached hydrogen (secondary N) is 1. The molecule has 3 aromatic heterocycles. The van der Waals surface area contributed by atoms with Crippen molar-refractivity contribution in [3.8, 4) is 0 Å². The normalized spacial score (nSPS) is 22.6. The van der Waals surface area contributed by atoms with Gasteiger partial charge in [-0.1, -0.05) is 6.07 Å². The molecule has 1 spiro atoms. The van der Waals surface area contributed by atoms with Crippen LogP contribution >= 0.6 is 11.3 Å². The largest absolute Gasteiger partial charge is 0.325 e. The van der Waals surface area contributed by atoms with Gasteiger partial charge in [0.15, 0.2) is 0 Å². The Morgan fingerprint density at radius 1 is 1.28 bits per heavy atom. The number of amides is 3. The molecule has 0 bridgehead atoms. The highest BCUT2D eigenvalue weighted by molar-refractivity contribution is 7.10. The van der Waals surface area contributed by atoms with Crippen LogP contribution in [-0.2, 0) is 23.3 Å². The summed E-state index contributed by atoms with van der Waals surface area (Å²) in [5, 5.41) is 4.98. The van der Waals surface area contributed by atoms with Gasteiger partial charge in [0.25, 0.3) is 5.91 Å². The minimum atomic E-state index is -0.885. The number of nitrogens with zero attached hydrogens (tertiary/aromatic N) is 3. The topological polar surface area (TPSA) is 66.7 Å². The van der Waals surface area contributed by atoms with E-state index in [1.54, 1.807) is 11.3 Å². The number of hydrogen-bond donors (Lipinski definition) is 1. The predicted octanol–water partition coefficient (Wildman–Crippen LogP) is 2.68. The van der Waals surface area contributed by atoms with Crippen LogP contribution in [0.3, 0.4) is 0 Å². The van der Waals surface area contributed by atoms with E-state index < -0.39 is 5.54 Å². The summed E-state index contributed by atoms with van der Waals surface area (Å²) >= 11 is 1.66. The molecular weight excluding hydrogens is 336 g/mol. The Bertz CT molecular complexity index is 974. The Hall–Kier alpha value is -2.67. The van der Waals surface area contributed by atoms with Crippen molar-refractivity contribution in [3.63, 3.8) is 0 Å². The molecule has 1 saturated heterocycles. The molecule has 0 aromatic carbocycles. The molecule has 1 atom stereocenters. The molecule has 0 unspecified atom stereocenters. The summed E-state index contributed by atoms with van der Waals surface area (Å²) in [5.41, 5.74) is 1.59. The lowest BCUT2D eigenvalue weighted by molar-refractivity contribution is -0.132. The van der Waals surface area contributed by atoms with Crippen LogP contribution in [0.15, 0.2) is 42.0 Å². The summed E-state index contributed by atoms with van der Waals surface area (Å²) in [5.74, 6) is -0.158. The van der Waals surface area contributed by atoms with E-state index in [4.69, 9.17) is 0 Å². The first-order valence-corrected chi connectivity index (χ1v) is 9.19. The number of carbonyl (C=O) groups excluding carboxylic acids is 2. The molecule has 0 saturated carbocycles. The van der Waals surface area contributed by atoms with E-state index in [-0.39, 0.29) is 18.5 Å². The monoisotopic (exact) mass is 352 g/mol. The maximum atomic E-state index is 13.2. The van der Waals surface area contributed by atoms with Crippen molar-refractivity contribution in [1.82, 2.24) is 19.6 Å². The Morgan fingerprint density at radius 2 is 2.20 bits per heavy atom. The molecular formula is C18H16N4O2S. The highest BCUT2D eigenvalue weighted by Crippen LogP contribution is 2.42. The van der Waals surface area contributed by atoms with Gasteiger partial charge >= 0.3 is 6.03 Å². The third kappa shape index (κ3) is 2.05. The number of thiophene rings is 1. The van der Waals surface area contributed by atoms with Crippen molar-refractivity contribution in [1.29, 1.82) is 0 Å². The number of carbonyl (C=O) groups is 2. The molecule has 25 heavy (non-hydrogen) atoms. The van der Waals surface area contributed by atoms with Gasteiger partial charge in [0.05, 0.1) is 12.2 Å². The van der Waals surface area contributed by atoms with Crippen LogP contribution in [0.1, 0.15) is 29.0 Å². The first-order valence-electron chi connectivity index (χ1n) is 8.31. The van der Waals surface area contributed by atoms with Gasteiger partial charge in [-0.2, -0.15) is 0 Å². The maximum Gasteiger partial charge on any atom is 0.325 e. The second kappa shape index (κ2) is 5.16. The van der Waals surface area contributed by atoms with Crippen LogP contribution in [0.4, 0.5) is 4.79 Å². The highest BCUT2D eigenvalue weighted by Gasteiger charge is 2.54. The van der Waals surface area contributed by atoms with E-state index in [0.29, 0.717) is 12.1 Å². The van der Waals surface area contributed by atoms with Gasteiger partial charge in [-0.15, -0.1) is 11.3 Å². The fourth-order valence-corrected chi connectivity index (χ4v) is 4.91. The quantitative estimate of drug-likeness (QED) is 0.721. The SMILES string of the molecule is O=C1N[C@]2(CCCc3sccc32)C(=O)N1Cc1cn2ccccc2n1. The molecule has 3 aromatic rings. The standard InChI is InChI=1S/C18H16N4O2S/c23-16-18(7-3-4-14-13(18)6-9-25-14)20-17(24)22(16)11-12-10-21-8-2-1-5-15(21)19-12/h1-2,5-6,8-10H,3-4,7,11H2,(H,20,24)/t18-/m0/s1. The van der Waals surface area contributed by atoms with Crippen LogP contribution < -0.4 is 5.32 Å². The smallest absolute Gasteiger partial charge is 0.319 e. The van der Waals surface area contributed by atoms with Gasteiger partial charge in [0.1, 0.15) is 11.2 Å². The lowest BCUT2D eigenvalue weighted by Gasteiger charge is -2.31. The zero-order valence-electron chi connectivity index (χ0n) is 13.4. The van der Waals surface area contributed by atoms with Gasteiger partial charge in [-0.3, -0.25) is 9.69 Å². The number of fused-ring (bicyclic) bond motifs is 3. The van der Waals surface area contributed by atoms with Crippen molar-refractivity contribution < 1.29 is 9.59 Å². The number of aryl methyl sites for hydroxylation is 1. The van der Waals surface area contributed by atoms with E-state index in [2.05, 4.69) is 10.3 Å². The molecule has 5 rings (SSSR count). The van der Waals surface area contributed by atoms with E-state index in [9.17, 15) is 9.59 Å². The summed E-state index contributed by atoms with van der Waals surface area (Å²) in [7, 11) is 0. The van der Waals surface area contributed by atoms with Gasteiger partial charge in [-0.25, -0.2) is 9.78 Å². The predicted molar refractivity (Wildman–Crippen MR) is 93.2 cm³/mol. The summed E-state index contributed by atoms with van der Waals surface area (Å²) in [6.45, 7) is 0.188. The van der Waals surface area contributed by atoms with Crippen LogP contribution in [0.25, 0.3) is 5.65 Å². The molecule has 4 heterocycles. The van der Waals surface area contributed by atoms with Crippen molar-refractivity contribution >= 4 is 28.9 Å². The molecule has 1 aliphatic heterocycles. The third-order valence-electron chi connectivity index (χ3n) is 5.07. The van der Waals surface area contributed by atoms with Crippen LogP contribution in [0.5, 0.6) is 0 Å². The molecule has 3 amide bonds. The number of imidazole rings is 1. The van der Waals surface area contributed by atoms with Gasteiger partial charge < -0.3 is 9.72 Å². The number of hydrogen-bond acceptors (Lipinski definition) is 4. The number of urea groups is 1. The zero-order valence-corrected chi connectivity index (χ0v) is 14.3. The summed E-state index contributed by atoms with van der Waals surface area (Å²) in [6.07, 6.45) is 6.30. The second-order valence-electron chi connectivity index (χ2n) is 6.54. The number of pyridine rings is 1. The van der Waals surface area contributed by atoms with Crippen molar-refractivity contribution in [2.24, 2.45) is 0 Å². The van der Waals surface area contributed by atoms with E-state index in [0.717, 1.165) is 24.1 Å². The lowest BCUT2D eigenvalue weighted by atomic mass is 9.80. The minimum Gasteiger partial charge on any atom is -0.319 e. The second-order valence-corrected chi connectivity index (χ2v) is 7.54. The molecule has 1 aliphatic carbocycles. The number of rotatable bonds is 2. The van der Waals surface area contributed by atoms with Crippen molar-refractivity contribution in [3.05, 3.63) is 58.2 Å². The number of imide groups is 1. The third-order valence-corrected chi connectivity index (χ3v) is 6.05. The van der Waals surface area contributed by atoms with Gasteiger partial charge in [0, 0.05) is 22.8 Å². The Morgan fingerprint density at radius 3 is 3.08 bits per heavy atom. The maximum absolute atomic E-state index is 13.2. The lowest BCUT2D eigenvalue weighted by Crippen LogP contribution is -2.46. The molecule has 6 nitrogen and oxygen atoms in total. The first-order chi connectivity index (χ1) is 12.2. The van der Waals surface area contributed by atoms with E-state index in [1.807, 2.05) is 46.4 Å². The van der Waals surface area contributed by atoms with Crippen LogP contribution in [0.2, 0.25) is 0 Å². The fraction of sp³-hybridized carbons (Fsp3) is 0.278. The average Bonchev–Trinajstić information content (AvgIpc) is 3.29. The highest BCUT2D eigenvalue weighted by atomic mass is 32.1. The van der Waals surface area contributed by atoms with Gasteiger partial charge in [-0.05, 0) is 42.8 Å². The molecule has 1 fully saturated rings. The number of aromatic nitrogens is 2. The molecule has 0 radical (unpaired) electrons. The van der Waals surface area contributed by atoms with Crippen molar-refractivity contribution in [2.45, 2.75) is 31.3 Å². The Balaban J connectivity index is 1.50. The molecule has 2 aliphatic rings. The zero-order chi connectivity index (χ0) is 17.0. The summed E-state index contributed by atoms with van der Waals surface area (Å²) < 4.78 is 1.89. The minimum absolute atomic E-state index is 0.158. The van der Waals surface area contributed by atoms with Gasteiger partial charge in [0.2, 0.25) is 0 Å². The van der Waals surface area contributed by atoms with E-state index in [1.165, 1.54) is 9.78 Å². The van der Waals surface area contributed by atoms with Crippen LogP contribution in [-0.4, -0.2) is 26.2 Å². The Labute approximate surface area is 148 Å². The first kappa shape index (κ1) is 14.7. The average molecular weight is 352 g/mol. The molecule has 7 heteroatoms. The Kier molecular flexibility index (Phi) is 3.03. The van der Waals surface area contributed by atoms with Crippen LogP contribution in [0, 0.1) is 0 Å². The summed E-state index contributed by atoms with van der Waals surface area (Å²) in [4.78, 5) is 32.8. The molecule has 126 valence electrons. The van der Waals surface area contributed by atoms with Crippen molar-refractivity contribution in [2.75, 3.05) is 0 Å². The van der Waals surface area contributed by atoms with E-state index >= 15 is 0 Å². The fourth-order valence-electron chi connectivity index (χ4n) is 3.91. The summed E-state index contributed by atoms with van der Waals surface area (Å²) in [6, 6.07) is 7.37. The molecule has 1 N–H and O–H groups in total.